The van der Waals surface area contributed by atoms with Crippen molar-refractivity contribution in [3.63, 3.8) is 0 Å². The minimum absolute atomic E-state index is 0.426. The van der Waals surface area contributed by atoms with Crippen molar-refractivity contribution in [2.24, 2.45) is 5.92 Å². The molecule has 1 atom stereocenters. The molecule has 0 radical (unpaired) electrons. The van der Waals surface area contributed by atoms with Gasteiger partial charge in [-0.25, -0.2) is 0 Å². The number of allylic oxidation sites excluding steroid dienone is 4. The van der Waals surface area contributed by atoms with Gasteiger partial charge in [0, 0.05) is 12.8 Å². The zero-order valence-electron chi connectivity index (χ0n) is 15.7. The normalized spacial score (nSPS) is 16.9. The molecule has 1 heteroatoms. The predicted molar refractivity (Wildman–Crippen MR) is 104 cm³/mol. The number of hydrogen-bond acceptors (Lipinski definition) is 1. The molecule has 1 rings (SSSR count). The summed E-state index contributed by atoms with van der Waals surface area (Å²) in [6.07, 6.45) is 29.9. The first-order chi connectivity index (χ1) is 11.2. The van der Waals surface area contributed by atoms with E-state index < -0.39 is 0 Å². The molecule has 0 bridgehead atoms. The monoisotopic (exact) mass is 318 g/mol. The minimum Gasteiger partial charge on any atom is -0.300 e. The Bertz CT molecular complexity index is 318. The minimum atomic E-state index is 0.426. The Morgan fingerprint density at radius 1 is 0.957 bits per heavy atom. The van der Waals surface area contributed by atoms with E-state index in [1.165, 1.54) is 51.4 Å². The quantitative estimate of drug-likeness (QED) is 0.257. The third kappa shape index (κ3) is 18.7. The van der Waals surface area contributed by atoms with Gasteiger partial charge in [-0.3, -0.25) is 4.79 Å². The molecule has 1 aliphatic rings. The summed E-state index contributed by atoms with van der Waals surface area (Å²) in [6, 6.07) is 0. The first kappa shape index (κ1) is 24.0. The third-order valence-electron chi connectivity index (χ3n) is 3.85. The van der Waals surface area contributed by atoms with E-state index in [0.29, 0.717) is 11.7 Å². The van der Waals surface area contributed by atoms with Crippen molar-refractivity contribution in [1.82, 2.24) is 0 Å². The lowest BCUT2D eigenvalue weighted by Gasteiger charge is -1.96. The second-order valence-corrected chi connectivity index (χ2v) is 6.06. The average molecular weight is 319 g/mol. The van der Waals surface area contributed by atoms with E-state index in [0.717, 1.165) is 19.3 Å². The van der Waals surface area contributed by atoms with E-state index in [1.54, 1.807) is 0 Å². The number of carbonyl (C=O) groups is 1. The van der Waals surface area contributed by atoms with Crippen molar-refractivity contribution in [3.05, 3.63) is 24.3 Å². The van der Waals surface area contributed by atoms with Crippen LogP contribution in [0, 0.1) is 18.8 Å². The molecule has 1 nitrogen and oxygen atoms in total. The van der Waals surface area contributed by atoms with E-state index in [1.807, 2.05) is 0 Å². The molecule has 0 saturated heterocycles. The van der Waals surface area contributed by atoms with Gasteiger partial charge in [-0.15, -0.1) is 12.8 Å². The van der Waals surface area contributed by atoms with Crippen molar-refractivity contribution in [1.29, 1.82) is 0 Å². The molecule has 0 N–H and O–H groups in total. The molecule has 0 aromatic rings. The number of ketones is 1. The molecule has 0 aromatic heterocycles. The number of carbonyl (C=O) groups excluding carboxylic acids is 1. The molecule has 0 heterocycles. The van der Waals surface area contributed by atoms with Gasteiger partial charge in [0.1, 0.15) is 5.78 Å². The van der Waals surface area contributed by atoms with E-state index >= 15 is 0 Å². The Labute approximate surface area is 145 Å². The smallest absolute Gasteiger partial charge is 0.133 e. The second kappa shape index (κ2) is 20.7. The molecule has 0 aromatic carbocycles. The fraction of sp³-hybridized carbons (Fsp3) is 0.682. The topological polar surface area (TPSA) is 17.1 Å². The highest BCUT2D eigenvalue weighted by Gasteiger charge is 2.18. The Morgan fingerprint density at radius 3 is 2.04 bits per heavy atom. The average Bonchev–Trinajstić information content (AvgIpc) is 2.99. The summed E-state index contributed by atoms with van der Waals surface area (Å²) in [5.41, 5.74) is 0. The van der Waals surface area contributed by atoms with E-state index in [2.05, 4.69) is 57.9 Å². The van der Waals surface area contributed by atoms with Gasteiger partial charge >= 0.3 is 0 Å². The largest absolute Gasteiger partial charge is 0.300 e. The maximum Gasteiger partial charge on any atom is 0.133 e. The van der Waals surface area contributed by atoms with Gasteiger partial charge in [-0.05, 0) is 18.8 Å². The lowest BCUT2D eigenvalue weighted by molar-refractivity contribution is -0.117. The third-order valence-corrected chi connectivity index (χ3v) is 3.85. The van der Waals surface area contributed by atoms with E-state index in [9.17, 15) is 4.79 Å². The number of rotatable bonds is 9. The summed E-state index contributed by atoms with van der Waals surface area (Å²) in [5.74, 6) is 0.938. The summed E-state index contributed by atoms with van der Waals surface area (Å²) in [4.78, 5) is 11.0. The number of Topliss-reactive ketones (excluding diaryl/α,β-unsaturated/α-hetero) is 1. The van der Waals surface area contributed by atoms with Crippen LogP contribution in [-0.2, 0) is 4.79 Å². The van der Waals surface area contributed by atoms with Crippen LogP contribution in [0.4, 0.5) is 0 Å². The molecule has 0 amide bonds. The van der Waals surface area contributed by atoms with Crippen LogP contribution in [0.5, 0.6) is 0 Å². The van der Waals surface area contributed by atoms with Gasteiger partial charge < -0.3 is 0 Å². The van der Waals surface area contributed by atoms with E-state index in [4.69, 9.17) is 0 Å². The molecule has 0 aliphatic heterocycles. The second-order valence-electron chi connectivity index (χ2n) is 6.06. The molecule has 1 saturated carbocycles. The van der Waals surface area contributed by atoms with Crippen molar-refractivity contribution >= 4 is 5.78 Å². The maximum atomic E-state index is 11.0. The summed E-state index contributed by atoms with van der Waals surface area (Å²) in [6.45, 7) is 6.69. The first-order valence-corrected chi connectivity index (χ1v) is 9.42. The van der Waals surface area contributed by atoms with Crippen molar-refractivity contribution in [3.8, 4) is 12.8 Å². The Hall–Kier alpha value is -1.29. The van der Waals surface area contributed by atoms with Crippen LogP contribution < -0.4 is 0 Å². The predicted octanol–water partition coefficient (Wildman–Crippen LogP) is 6.88. The zero-order chi connectivity index (χ0) is 17.8. The highest BCUT2D eigenvalue weighted by Crippen LogP contribution is 2.22. The lowest BCUT2D eigenvalue weighted by Crippen LogP contribution is -1.89. The van der Waals surface area contributed by atoms with Crippen LogP contribution in [0.15, 0.2) is 24.3 Å². The summed E-state index contributed by atoms with van der Waals surface area (Å²) < 4.78 is 0. The van der Waals surface area contributed by atoms with Gasteiger partial charge in [0.15, 0.2) is 0 Å². The number of terminal acetylenes is 1. The molecular formula is C22H38O. The van der Waals surface area contributed by atoms with Crippen LogP contribution in [0.2, 0.25) is 0 Å². The molecule has 0 unspecified atom stereocenters. The number of unbranched alkanes of at least 4 members (excludes halogenated alkanes) is 6. The van der Waals surface area contributed by atoms with Crippen molar-refractivity contribution in [2.45, 2.75) is 91.4 Å². The van der Waals surface area contributed by atoms with Crippen molar-refractivity contribution < 1.29 is 4.79 Å². The molecule has 0 spiro atoms. The standard InChI is InChI=1S/C13H20O.C7H16.C2H2/c1-2-3-4-5-6-7-8-12-9-10-13(14)11-12;1-3-5-7-6-4-2;1-2/h5-8,12H,2-4,9-11H2,1H3;3-7H2,1-2H3;1-2H/b6-5-,8-7+;;/t12-;;/m0../s1. The van der Waals surface area contributed by atoms with Gasteiger partial charge in [0.25, 0.3) is 0 Å². The Kier molecular flexibility index (Phi) is 21.6. The molecule has 1 fully saturated rings. The summed E-state index contributed by atoms with van der Waals surface area (Å²) >= 11 is 0. The summed E-state index contributed by atoms with van der Waals surface area (Å²) in [5, 5.41) is 0. The van der Waals surface area contributed by atoms with E-state index in [-0.39, 0.29) is 0 Å². The Balaban J connectivity index is 0. The van der Waals surface area contributed by atoms with Crippen LogP contribution in [0.3, 0.4) is 0 Å². The fourth-order valence-electron chi connectivity index (χ4n) is 2.40. The first-order valence-electron chi connectivity index (χ1n) is 9.42. The van der Waals surface area contributed by atoms with Crippen LogP contribution in [0.25, 0.3) is 0 Å². The SMILES string of the molecule is C#C.CCCC/C=C\C=C\[C@H]1CCC(=O)C1.CCCCCCC. The summed E-state index contributed by atoms with van der Waals surface area (Å²) in [7, 11) is 0. The Morgan fingerprint density at radius 2 is 1.57 bits per heavy atom. The van der Waals surface area contributed by atoms with Gasteiger partial charge in [-0.2, -0.15) is 0 Å². The highest BCUT2D eigenvalue weighted by atomic mass is 16.1. The van der Waals surface area contributed by atoms with Crippen LogP contribution in [-0.4, -0.2) is 5.78 Å². The highest BCUT2D eigenvalue weighted by molar-refractivity contribution is 5.80. The molecule has 1 aliphatic carbocycles. The number of hydrogen-bond donors (Lipinski definition) is 0. The lowest BCUT2D eigenvalue weighted by atomic mass is 10.1. The van der Waals surface area contributed by atoms with Gasteiger partial charge in [-0.1, -0.05) is 90.0 Å². The molecule has 132 valence electrons. The maximum absolute atomic E-state index is 11.0. The fourth-order valence-corrected chi connectivity index (χ4v) is 2.40. The van der Waals surface area contributed by atoms with Gasteiger partial charge in [0.05, 0.1) is 0 Å². The van der Waals surface area contributed by atoms with Crippen LogP contribution in [0.1, 0.15) is 91.4 Å². The van der Waals surface area contributed by atoms with Crippen molar-refractivity contribution in [2.75, 3.05) is 0 Å². The van der Waals surface area contributed by atoms with Crippen LogP contribution >= 0.6 is 0 Å². The molecule has 23 heavy (non-hydrogen) atoms. The molecular weight excluding hydrogens is 280 g/mol. The zero-order valence-corrected chi connectivity index (χ0v) is 15.7. The van der Waals surface area contributed by atoms with Gasteiger partial charge in [0.2, 0.25) is 0 Å².